The van der Waals surface area contributed by atoms with Crippen molar-refractivity contribution < 1.29 is 4.79 Å². The van der Waals surface area contributed by atoms with Crippen molar-refractivity contribution in [3.8, 4) is 0 Å². The first kappa shape index (κ1) is 13.1. The van der Waals surface area contributed by atoms with Gasteiger partial charge in [-0.25, -0.2) is 0 Å². The van der Waals surface area contributed by atoms with Crippen LogP contribution < -0.4 is 5.32 Å². The van der Waals surface area contributed by atoms with Gasteiger partial charge in [-0.2, -0.15) is 0 Å². The number of carbonyl (C=O) groups excluding carboxylic acids is 1. The molecular formula is C13H10BrClN2O. The number of aryl methyl sites for hydroxylation is 1. The molecule has 3 nitrogen and oxygen atoms in total. The SMILES string of the molecule is Cc1cnccc1NC(=O)c1ccc(Br)c(Cl)c1. The molecule has 1 aromatic heterocycles. The van der Waals surface area contributed by atoms with E-state index in [0.717, 1.165) is 15.7 Å². The number of rotatable bonds is 2. The van der Waals surface area contributed by atoms with E-state index in [2.05, 4.69) is 26.2 Å². The Morgan fingerprint density at radius 1 is 1.39 bits per heavy atom. The molecule has 0 radical (unpaired) electrons. The smallest absolute Gasteiger partial charge is 0.255 e. The third-order valence-corrected chi connectivity index (χ3v) is 3.68. The van der Waals surface area contributed by atoms with E-state index in [4.69, 9.17) is 11.6 Å². The minimum Gasteiger partial charge on any atom is -0.322 e. The van der Waals surface area contributed by atoms with E-state index < -0.39 is 0 Å². The van der Waals surface area contributed by atoms with Crippen molar-refractivity contribution in [3.05, 3.63) is 57.3 Å². The Labute approximate surface area is 118 Å². The van der Waals surface area contributed by atoms with E-state index in [1.807, 2.05) is 6.92 Å². The highest BCUT2D eigenvalue weighted by molar-refractivity contribution is 9.10. The molecule has 2 aromatic rings. The molecule has 0 aliphatic heterocycles. The molecule has 0 bridgehead atoms. The first-order chi connectivity index (χ1) is 8.58. The number of carbonyl (C=O) groups is 1. The van der Waals surface area contributed by atoms with Gasteiger partial charge in [0.25, 0.3) is 5.91 Å². The summed E-state index contributed by atoms with van der Waals surface area (Å²) in [5.74, 6) is -0.196. The summed E-state index contributed by atoms with van der Waals surface area (Å²) >= 11 is 9.24. The van der Waals surface area contributed by atoms with Crippen molar-refractivity contribution in [2.45, 2.75) is 6.92 Å². The molecule has 0 unspecified atom stereocenters. The average Bonchev–Trinajstić information content (AvgIpc) is 2.35. The Morgan fingerprint density at radius 2 is 2.17 bits per heavy atom. The summed E-state index contributed by atoms with van der Waals surface area (Å²) in [7, 11) is 0. The van der Waals surface area contributed by atoms with Gasteiger partial charge in [0, 0.05) is 28.1 Å². The van der Waals surface area contributed by atoms with Crippen LogP contribution in [0.25, 0.3) is 0 Å². The van der Waals surface area contributed by atoms with Crippen molar-refractivity contribution in [3.63, 3.8) is 0 Å². The van der Waals surface area contributed by atoms with Crippen molar-refractivity contribution in [2.24, 2.45) is 0 Å². The van der Waals surface area contributed by atoms with Crippen molar-refractivity contribution >= 4 is 39.1 Å². The average molecular weight is 326 g/mol. The van der Waals surface area contributed by atoms with Crippen LogP contribution in [0.1, 0.15) is 15.9 Å². The molecule has 1 N–H and O–H groups in total. The number of halogens is 2. The number of benzene rings is 1. The Bertz CT molecular complexity index is 601. The van der Waals surface area contributed by atoms with Crippen LogP contribution in [-0.4, -0.2) is 10.9 Å². The number of pyridine rings is 1. The zero-order valence-corrected chi connectivity index (χ0v) is 11.9. The van der Waals surface area contributed by atoms with E-state index in [9.17, 15) is 4.79 Å². The Hall–Kier alpha value is -1.39. The maximum Gasteiger partial charge on any atom is 0.255 e. The van der Waals surface area contributed by atoms with E-state index in [-0.39, 0.29) is 5.91 Å². The first-order valence-corrected chi connectivity index (χ1v) is 6.42. The Morgan fingerprint density at radius 3 is 2.83 bits per heavy atom. The van der Waals surface area contributed by atoms with Gasteiger partial charge in [0.15, 0.2) is 0 Å². The largest absolute Gasteiger partial charge is 0.322 e. The zero-order valence-electron chi connectivity index (χ0n) is 9.58. The molecule has 0 aliphatic rings. The lowest BCUT2D eigenvalue weighted by Gasteiger charge is -2.08. The molecular weight excluding hydrogens is 316 g/mol. The minimum atomic E-state index is -0.196. The molecule has 18 heavy (non-hydrogen) atoms. The van der Waals surface area contributed by atoms with Crippen LogP contribution in [0.4, 0.5) is 5.69 Å². The summed E-state index contributed by atoms with van der Waals surface area (Å²) in [5, 5.41) is 3.33. The number of hydrogen-bond acceptors (Lipinski definition) is 2. The van der Waals surface area contributed by atoms with Crippen LogP contribution in [0.5, 0.6) is 0 Å². The van der Waals surface area contributed by atoms with Gasteiger partial charge in [0.05, 0.1) is 5.02 Å². The second-order valence-electron chi connectivity index (χ2n) is 3.77. The normalized spacial score (nSPS) is 10.2. The minimum absolute atomic E-state index is 0.196. The highest BCUT2D eigenvalue weighted by Gasteiger charge is 2.09. The molecule has 1 amide bonds. The monoisotopic (exact) mass is 324 g/mol. The molecule has 0 saturated carbocycles. The van der Waals surface area contributed by atoms with Gasteiger partial charge in [-0.15, -0.1) is 0 Å². The van der Waals surface area contributed by atoms with E-state index in [1.54, 1.807) is 36.7 Å². The summed E-state index contributed by atoms with van der Waals surface area (Å²) in [5.41, 5.74) is 2.17. The summed E-state index contributed by atoms with van der Waals surface area (Å²) in [6, 6.07) is 6.84. The third-order valence-electron chi connectivity index (χ3n) is 2.45. The van der Waals surface area contributed by atoms with E-state index in [0.29, 0.717) is 10.6 Å². The molecule has 92 valence electrons. The standard InChI is InChI=1S/C13H10BrClN2O/c1-8-7-16-5-4-12(8)17-13(18)9-2-3-10(14)11(15)6-9/h2-7H,1H3,(H,16,17,18). The van der Waals surface area contributed by atoms with Crippen LogP contribution in [-0.2, 0) is 0 Å². The molecule has 1 aromatic carbocycles. The number of aromatic nitrogens is 1. The number of hydrogen-bond donors (Lipinski definition) is 1. The number of nitrogens with zero attached hydrogens (tertiary/aromatic N) is 1. The van der Waals surface area contributed by atoms with Crippen molar-refractivity contribution in [1.82, 2.24) is 4.98 Å². The summed E-state index contributed by atoms with van der Waals surface area (Å²) in [6.45, 7) is 1.89. The zero-order chi connectivity index (χ0) is 13.1. The maximum absolute atomic E-state index is 12.0. The molecule has 1 heterocycles. The van der Waals surface area contributed by atoms with Crippen LogP contribution in [0.15, 0.2) is 41.1 Å². The summed E-state index contributed by atoms with van der Waals surface area (Å²) in [6.07, 6.45) is 3.33. The van der Waals surface area contributed by atoms with Gasteiger partial charge in [0.2, 0.25) is 0 Å². The van der Waals surface area contributed by atoms with Gasteiger partial charge >= 0.3 is 0 Å². The molecule has 2 rings (SSSR count). The summed E-state index contributed by atoms with van der Waals surface area (Å²) < 4.78 is 0.765. The summed E-state index contributed by atoms with van der Waals surface area (Å²) in [4.78, 5) is 16.0. The predicted octanol–water partition coefficient (Wildman–Crippen LogP) is 4.06. The lowest BCUT2D eigenvalue weighted by Crippen LogP contribution is -2.12. The van der Waals surface area contributed by atoms with E-state index >= 15 is 0 Å². The van der Waals surface area contributed by atoms with Gasteiger partial charge in [-0.1, -0.05) is 11.6 Å². The van der Waals surface area contributed by atoms with Crippen LogP contribution in [0.3, 0.4) is 0 Å². The van der Waals surface area contributed by atoms with Crippen LogP contribution >= 0.6 is 27.5 Å². The topological polar surface area (TPSA) is 42.0 Å². The highest BCUT2D eigenvalue weighted by atomic mass is 79.9. The second-order valence-corrected chi connectivity index (χ2v) is 5.04. The molecule has 0 fully saturated rings. The Balaban J connectivity index is 2.22. The lowest BCUT2D eigenvalue weighted by atomic mass is 10.2. The molecule has 0 aliphatic carbocycles. The van der Waals surface area contributed by atoms with Crippen LogP contribution in [0.2, 0.25) is 5.02 Å². The third kappa shape index (κ3) is 2.89. The second kappa shape index (κ2) is 5.50. The molecule has 5 heteroatoms. The number of nitrogens with one attached hydrogen (secondary N) is 1. The number of anilines is 1. The molecule has 0 spiro atoms. The van der Waals surface area contributed by atoms with Crippen molar-refractivity contribution in [1.29, 1.82) is 0 Å². The fraction of sp³-hybridized carbons (Fsp3) is 0.0769. The van der Waals surface area contributed by atoms with Crippen molar-refractivity contribution in [2.75, 3.05) is 5.32 Å². The van der Waals surface area contributed by atoms with Gasteiger partial charge in [-0.3, -0.25) is 9.78 Å². The fourth-order valence-corrected chi connectivity index (χ4v) is 1.87. The number of amides is 1. The van der Waals surface area contributed by atoms with E-state index in [1.165, 1.54) is 0 Å². The quantitative estimate of drug-likeness (QED) is 0.905. The van der Waals surface area contributed by atoms with Crippen LogP contribution in [0, 0.1) is 6.92 Å². The predicted molar refractivity (Wildman–Crippen MR) is 76.1 cm³/mol. The van der Waals surface area contributed by atoms with Gasteiger partial charge in [-0.05, 0) is 52.7 Å². The molecule has 0 saturated heterocycles. The fourth-order valence-electron chi connectivity index (χ4n) is 1.45. The first-order valence-electron chi connectivity index (χ1n) is 5.25. The van der Waals surface area contributed by atoms with Gasteiger partial charge in [0.1, 0.15) is 0 Å². The Kier molecular flexibility index (Phi) is 3.99. The maximum atomic E-state index is 12.0. The lowest BCUT2D eigenvalue weighted by molar-refractivity contribution is 0.102. The molecule has 0 atom stereocenters. The van der Waals surface area contributed by atoms with Gasteiger partial charge < -0.3 is 5.32 Å². The highest BCUT2D eigenvalue weighted by Crippen LogP contribution is 2.23.